The van der Waals surface area contributed by atoms with Crippen molar-refractivity contribution in [3.63, 3.8) is 0 Å². The topological polar surface area (TPSA) is 89.3 Å². The van der Waals surface area contributed by atoms with Crippen LogP contribution in [0.2, 0.25) is 0 Å². The number of rotatable bonds is 6. The first-order valence-corrected chi connectivity index (χ1v) is 7.16. The second-order valence-electron chi connectivity index (χ2n) is 4.37. The fourth-order valence-electron chi connectivity index (χ4n) is 1.74. The van der Waals surface area contributed by atoms with Gasteiger partial charge in [-0.1, -0.05) is 6.07 Å². The lowest BCUT2D eigenvalue weighted by Gasteiger charge is -2.05. The summed E-state index contributed by atoms with van der Waals surface area (Å²) in [5.41, 5.74) is -0.603. The van der Waals surface area contributed by atoms with E-state index in [1.54, 1.807) is 17.5 Å². The summed E-state index contributed by atoms with van der Waals surface area (Å²) in [5, 5.41) is 14.8. The van der Waals surface area contributed by atoms with Gasteiger partial charge in [0.1, 0.15) is 0 Å². The number of nitro groups is 1. The minimum Gasteiger partial charge on any atom is -0.326 e. The van der Waals surface area contributed by atoms with Crippen molar-refractivity contribution in [3.05, 3.63) is 56.5 Å². The molecule has 0 aliphatic heterocycles. The Kier molecular flexibility index (Phi) is 4.95. The molecule has 1 aromatic carbocycles. The van der Waals surface area contributed by atoms with Crippen LogP contribution in [-0.2, 0) is 4.79 Å². The average Bonchev–Trinajstić information content (AvgIpc) is 3.01. The van der Waals surface area contributed by atoms with E-state index in [0.717, 1.165) is 12.1 Å². The summed E-state index contributed by atoms with van der Waals surface area (Å²) in [5.74, 6) is -1.59. The lowest BCUT2D eigenvalue weighted by Crippen LogP contribution is -2.13. The number of nitro benzene ring substituents is 1. The van der Waals surface area contributed by atoms with Gasteiger partial charge in [0.05, 0.1) is 9.80 Å². The Labute approximate surface area is 128 Å². The molecule has 0 bridgehead atoms. The van der Waals surface area contributed by atoms with Crippen molar-refractivity contribution < 1.29 is 18.9 Å². The first kappa shape index (κ1) is 15.8. The van der Waals surface area contributed by atoms with E-state index in [1.807, 2.05) is 0 Å². The van der Waals surface area contributed by atoms with Gasteiger partial charge in [0.15, 0.2) is 5.78 Å². The number of nitrogens with zero attached hydrogens (tertiary/aromatic N) is 1. The first-order chi connectivity index (χ1) is 10.5. The summed E-state index contributed by atoms with van der Waals surface area (Å²) in [6, 6.07) is 6.49. The summed E-state index contributed by atoms with van der Waals surface area (Å²) >= 11 is 1.30. The molecule has 22 heavy (non-hydrogen) atoms. The third-order valence-corrected chi connectivity index (χ3v) is 3.71. The van der Waals surface area contributed by atoms with Crippen LogP contribution in [0.3, 0.4) is 0 Å². The zero-order valence-electron chi connectivity index (χ0n) is 11.2. The molecule has 1 N–H and O–H groups in total. The maximum Gasteiger partial charge on any atom is 0.306 e. The second-order valence-corrected chi connectivity index (χ2v) is 5.32. The molecule has 1 amide bonds. The molecule has 6 nitrogen and oxygen atoms in total. The molecule has 0 radical (unpaired) electrons. The Balaban J connectivity index is 1.93. The van der Waals surface area contributed by atoms with Crippen LogP contribution in [0.4, 0.5) is 15.8 Å². The number of carbonyl (C=O) groups is 2. The van der Waals surface area contributed by atoms with Crippen molar-refractivity contribution in [3.8, 4) is 0 Å². The minimum absolute atomic E-state index is 0.0373. The van der Waals surface area contributed by atoms with E-state index in [4.69, 9.17) is 0 Å². The van der Waals surface area contributed by atoms with Crippen molar-refractivity contribution >= 4 is 34.4 Å². The van der Waals surface area contributed by atoms with Gasteiger partial charge in [0.25, 0.3) is 0 Å². The van der Waals surface area contributed by atoms with Crippen LogP contribution in [0.15, 0.2) is 35.7 Å². The summed E-state index contributed by atoms with van der Waals surface area (Å²) in [4.78, 5) is 33.8. The lowest BCUT2D eigenvalue weighted by atomic mass is 10.2. The summed E-state index contributed by atoms with van der Waals surface area (Å²) < 4.78 is 13.2. The lowest BCUT2D eigenvalue weighted by molar-refractivity contribution is -0.387. The van der Waals surface area contributed by atoms with Crippen LogP contribution in [0.25, 0.3) is 0 Å². The maximum absolute atomic E-state index is 13.2. The highest BCUT2D eigenvalue weighted by atomic mass is 32.1. The Hall–Kier alpha value is -2.61. The molecular weight excluding hydrogens is 311 g/mol. The fraction of sp³-hybridized carbons (Fsp3) is 0.143. The molecular formula is C14H11FN2O4S. The monoisotopic (exact) mass is 322 g/mol. The molecule has 0 unspecified atom stereocenters. The predicted octanol–water partition coefficient (Wildman–Crippen LogP) is 3.40. The summed E-state index contributed by atoms with van der Waals surface area (Å²) in [7, 11) is 0. The molecule has 114 valence electrons. The number of nitrogens with one attached hydrogen (secondary N) is 1. The summed E-state index contributed by atoms with van der Waals surface area (Å²) in [6.07, 6.45) is -0.0163. The van der Waals surface area contributed by atoms with E-state index < -0.39 is 22.3 Å². The van der Waals surface area contributed by atoms with Crippen molar-refractivity contribution in [1.29, 1.82) is 0 Å². The number of benzene rings is 1. The van der Waals surface area contributed by atoms with E-state index >= 15 is 0 Å². The molecule has 1 heterocycles. The number of hydrogen-bond acceptors (Lipinski definition) is 5. The van der Waals surface area contributed by atoms with Gasteiger partial charge in [0, 0.05) is 24.6 Å². The quantitative estimate of drug-likeness (QED) is 0.501. The molecule has 0 spiro atoms. The van der Waals surface area contributed by atoms with Crippen LogP contribution in [0.5, 0.6) is 0 Å². The normalized spacial score (nSPS) is 10.2. The van der Waals surface area contributed by atoms with E-state index in [2.05, 4.69) is 5.32 Å². The third-order valence-electron chi connectivity index (χ3n) is 2.80. The number of thiophene rings is 1. The van der Waals surface area contributed by atoms with E-state index in [0.29, 0.717) is 4.88 Å². The number of halogens is 1. The smallest absolute Gasteiger partial charge is 0.306 e. The second kappa shape index (κ2) is 6.90. The van der Waals surface area contributed by atoms with Crippen LogP contribution in [0, 0.1) is 15.9 Å². The van der Waals surface area contributed by atoms with Crippen LogP contribution in [-0.4, -0.2) is 16.6 Å². The Bertz CT molecular complexity index is 716. The van der Waals surface area contributed by atoms with Gasteiger partial charge < -0.3 is 5.32 Å². The highest BCUT2D eigenvalue weighted by molar-refractivity contribution is 7.12. The van der Waals surface area contributed by atoms with Crippen molar-refractivity contribution in [2.24, 2.45) is 0 Å². The molecule has 0 aliphatic rings. The molecule has 0 aliphatic carbocycles. The first-order valence-electron chi connectivity index (χ1n) is 6.28. The van der Waals surface area contributed by atoms with Crippen molar-refractivity contribution in [1.82, 2.24) is 0 Å². The molecule has 1 aromatic heterocycles. The van der Waals surface area contributed by atoms with Gasteiger partial charge in [-0.3, -0.25) is 19.7 Å². The average molecular weight is 322 g/mol. The number of carbonyl (C=O) groups excluding carboxylic acids is 2. The Morgan fingerprint density at radius 3 is 2.68 bits per heavy atom. The molecule has 0 saturated heterocycles. The predicted molar refractivity (Wildman–Crippen MR) is 79.6 cm³/mol. The maximum atomic E-state index is 13.2. The van der Waals surface area contributed by atoms with Crippen molar-refractivity contribution in [2.75, 3.05) is 5.32 Å². The van der Waals surface area contributed by atoms with Gasteiger partial charge >= 0.3 is 5.69 Å². The molecule has 8 heteroatoms. The SMILES string of the molecule is O=C(CCC(=O)c1cccs1)Nc1ccc(F)c([N+](=O)[O-])c1. The zero-order valence-corrected chi connectivity index (χ0v) is 12.1. The van der Waals surface area contributed by atoms with Gasteiger partial charge in [-0.25, -0.2) is 0 Å². The highest BCUT2D eigenvalue weighted by Crippen LogP contribution is 2.22. The van der Waals surface area contributed by atoms with Crippen LogP contribution in [0.1, 0.15) is 22.5 Å². The van der Waals surface area contributed by atoms with E-state index in [1.165, 1.54) is 17.4 Å². The van der Waals surface area contributed by atoms with Crippen LogP contribution >= 0.6 is 11.3 Å². The van der Waals surface area contributed by atoms with Gasteiger partial charge in [-0.2, -0.15) is 4.39 Å². The molecule has 0 atom stereocenters. The third kappa shape index (κ3) is 3.95. The molecule has 0 saturated carbocycles. The Morgan fingerprint density at radius 2 is 2.05 bits per heavy atom. The minimum atomic E-state index is -0.976. The van der Waals surface area contributed by atoms with E-state index in [-0.39, 0.29) is 24.3 Å². The van der Waals surface area contributed by atoms with Gasteiger partial charge in [-0.05, 0) is 23.6 Å². The number of ketones is 1. The molecule has 0 fully saturated rings. The van der Waals surface area contributed by atoms with Crippen molar-refractivity contribution in [2.45, 2.75) is 12.8 Å². The van der Waals surface area contributed by atoms with Gasteiger partial charge in [-0.15, -0.1) is 11.3 Å². The highest BCUT2D eigenvalue weighted by Gasteiger charge is 2.16. The fourth-order valence-corrected chi connectivity index (χ4v) is 2.44. The standard InChI is InChI=1S/C14H11FN2O4S/c15-10-4-3-9(8-11(10)17(20)21)16-14(19)6-5-12(18)13-2-1-7-22-13/h1-4,7-8H,5-6H2,(H,16,19). The Morgan fingerprint density at radius 1 is 1.27 bits per heavy atom. The summed E-state index contributed by atoms with van der Waals surface area (Å²) in [6.45, 7) is 0. The number of hydrogen-bond donors (Lipinski definition) is 1. The zero-order chi connectivity index (χ0) is 16.1. The van der Waals surface area contributed by atoms with E-state index in [9.17, 15) is 24.1 Å². The van der Waals surface area contributed by atoms with Crippen LogP contribution < -0.4 is 5.32 Å². The number of Topliss-reactive ketones (excluding diaryl/α,β-unsaturated/α-hetero) is 1. The number of amides is 1. The number of anilines is 1. The van der Waals surface area contributed by atoms with Gasteiger partial charge in [0.2, 0.25) is 11.7 Å². The largest absolute Gasteiger partial charge is 0.326 e. The molecule has 2 rings (SSSR count). The molecule has 2 aromatic rings.